The number of rotatable bonds is 0. The van der Waals surface area contributed by atoms with Gasteiger partial charge in [0.1, 0.15) is 0 Å². The minimum atomic E-state index is -1.88. The number of aliphatic hydroxyl groups is 2. The van der Waals surface area contributed by atoms with Crippen LogP contribution >= 0.6 is 31.9 Å². The van der Waals surface area contributed by atoms with E-state index in [0.29, 0.717) is 0 Å². The first-order valence-electron chi connectivity index (χ1n) is 0.825. The Morgan fingerprint density at radius 1 is 1.20 bits per heavy atom. The SMILES string of the molecule is OC(O)(Br)Br. The molecule has 0 aromatic carbocycles. The molecule has 5 heavy (non-hydrogen) atoms. The molecule has 0 fully saturated rings. The fourth-order valence-electron chi connectivity index (χ4n) is 0. The van der Waals surface area contributed by atoms with E-state index in [1.54, 1.807) is 0 Å². The van der Waals surface area contributed by atoms with Gasteiger partial charge in [0, 0.05) is 0 Å². The second-order valence-corrected chi connectivity index (χ2v) is 3.79. The lowest BCUT2D eigenvalue weighted by Gasteiger charge is -1.97. The van der Waals surface area contributed by atoms with Gasteiger partial charge < -0.3 is 10.2 Å². The largest absolute Gasteiger partial charge is 0.348 e. The van der Waals surface area contributed by atoms with Crippen LogP contribution in [0.2, 0.25) is 0 Å². The lowest BCUT2D eigenvalue weighted by Crippen LogP contribution is -2.04. The van der Waals surface area contributed by atoms with Crippen molar-refractivity contribution in [3.63, 3.8) is 0 Å². The van der Waals surface area contributed by atoms with Gasteiger partial charge in [0.2, 0.25) is 0 Å². The molecule has 0 saturated heterocycles. The average molecular weight is 206 g/mol. The molecule has 0 bridgehead atoms. The van der Waals surface area contributed by atoms with E-state index in [1.165, 1.54) is 0 Å². The molecule has 0 aliphatic carbocycles. The summed E-state index contributed by atoms with van der Waals surface area (Å²) in [6.45, 7) is 0. The van der Waals surface area contributed by atoms with E-state index in [9.17, 15) is 0 Å². The van der Waals surface area contributed by atoms with Crippen LogP contribution in [0.25, 0.3) is 0 Å². The summed E-state index contributed by atoms with van der Waals surface area (Å²) in [4.78, 5) is 0. The highest BCUT2D eigenvalue weighted by Crippen LogP contribution is 2.15. The van der Waals surface area contributed by atoms with Gasteiger partial charge in [0.05, 0.1) is 0 Å². The molecule has 0 aliphatic heterocycles. The van der Waals surface area contributed by atoms with Crippen molar-refractivity contribution in [1.29, 1.82) is 0 Å². The van der Waals surface area contributed by atoms with E-state index in [0.717, 1.165) is 0 Å². The molecule has 0 unspecified atom stereocenters. The van der Waals surface area contributed by atoms with Gasteiger partial charge in [-0.3, -0.25) is 0 Å². The van der Waals surface area contributed by atoms with Crippen LogP contribution in [0.5, 0.6) is 0 Å². The molecule has 0 radical (unpaired) electrons. The highest BCUT2D eigenvalue weighted by Gasteiger charge is 2.07. The van der Waals surface area contributed by atoms with E-state index < -0.39 is 3.61 Å². The molecule has 0 spiro atoms. The maximum atomic E-state index is 7.91. The van der Waals surface area contributed by atoms with Gasteiger partial charge in [-0.05, 0) is 31.9 Å². The van der Waals surface area contributed by atoms with Crippen molar-refractivity contribution < 1.29 is 10.2 Å². The van der Waals surface area contributed by atoms with Gasteiger partial charge >= 0.3 is 0 Å². The number of hydrogen-bond acceptors (Lipinski definition) is 2. The smallest absolute Gasteiger partial charge is 0.280 e. The quantitative estimate of drug-likeness (QED) is 0.444. The van der Waals surface area contributed by atoms with Crippen molar-refractivity contribution in [1.82, 2.24) is 0 Å². The molecule has 0 amide bonds. The summed E-state index contributed by atoms with van der Waals surface area (Å²) in [6, 6.07) is 0. The maximum Gasteiger partial charge on any atom is 0.280 e. The Labute approximate surface area is 46.1 Å². The summed E-state index contributed by atoms with van der Waals surface area (Å²) >= 11 is 4.81. The monoisotopic (exact) mass is 204 g/mol. The summed E-state index contributed by atoms with van der Waals surface area (Å²) in [5, 5.41) is 15.8. The van der Waals surface area contributed by atoms with Crippen molar-refractivity contribution in [2.24, 2.45) is 0 Å². The highest BCUT2D eigenvalue weighted by molar-refractivity contribution is 9.25. The van der Waals surface area contributed by atoms with E-state index in [-0.39, 0.29) is 0 Å². The molecule has 32 valence electrons. The summed E-state index contributed by atoms with van der Waals surface area (Å²) in [7, 11) is 0. The minimum Gasteiger partial charge on any atom is -0.348 e. The predicted octanol–water partition coefficient (Wildman–Crippen LogP) is 0.372. The van der Waals surface area contributed by atoms with Crippen LogP contribution < -0.4 is 0 Å². The highest BCUT2D eigenvalue weighted by atomic mass is 79.9. The molecular formula is CH2Br2O2. The van der Waals surface area contributed by atoms with Crippen molar-refractivity contribution in [3.05, 3.63) is 0 Å². The van der Waals surface area contributed by atoms with Crippen molar-refractivity contribution in [2.75, 3.05) is 0 Å². The van der Waals surface area contributed by atoms with Gasteiger partial charge in [-0.15, -0.1) is 0 Å². The van der Waals surface area contributed by atoms with Crippen LogP contribution in [0, 0.1) is 0 Å². The standard InChI is InChI=1S/CH2Br2O2/c2-1(3,4)5/h4-5H. The lowest BCUT2D eigenvalue weighted by atomic mass is 11.5. The molecule has 0 aromatic rings. The first-order chi connectivity index (χ1) is 2.00. The van der Waals surface area contributed by atoms with E-state index in [2.05, 4.69) is 31.9 Å². The molecule has 0 heterocycles. The molecule has 0 aliphatic rings. The van der Waals surface area contributed by atoms with Crippen molar-refractivity contribution >= 4 is 31.9 Å². The van der Waals surface area contributed by atoms with E-state index >= 15 is 0 Å². The minimum absolute atomic E-state index is 1.88. The first kappa shape index (κ1) is 5.88. The second-order valence-electron chi connectivity index (χ2n) is 0.509. The molecule has 2 nitrogen and oxygen atoms in total. The van der Waals surface area contributed by atoms with Crippen LogP contribution in [0.1, 0.15) is 0 Å². The Kier molecular flexibility index (Phi) is 1.83. The van der Waals surface area contributed by atoms with E-state index in [1.807, 2.05) is 0 Å². The zero-order valence-corrected chi connectivity index (χ0v) is 5.32. The van der Waals surface area contributed by atoms with Crippen LogP contribution in [0.3, 0.4) is 0 Å². The third-order valence-corrected chi connectivity index (χ3v) is 0. The fourth-order valence-corrected chi connectivity index (χ4v) is 0. The van der Waals surface area contributed by atoms with Crippen LogP contribution in [-0.4, -0.2) is 13.8 Å². The maximum absolute atomic E-state index is 7.91. The Morgan fingerprint density at radius 2 is 1.20 bits per heavy atom. The molecule has 2 N–H and O–H groups in total. The number of hydrogen-bond donors (Lipinski definition) is 2. The van der Waals surface area contributed by atoms with Crippen LogP contribution in [-0.2, 0) is 0 Å². The van der Waals surface area contributed by atoms with Crippen LogP contribution in [0.15, 0.2) is 0 Å². The topological polar surface area (TPSA) is 40.5 Å². The summed E-state index contributed by atoms with van der Waals surface area (Å²) in [6.07, 6.45) is 0. The van der Waals surface area contributed by atoms with Crippen molar-refractivity contribution in [3.8, 4) is 0 Å². The number of halogens is 2. The fraction of sp³-hybridized carbons (Fsp3) is 1.00. The third kappa shape index (κ3) is 52.3. The second kappa shape index (κ2) is 1.55. The Bertz CT molecular complexity index is 23.1. The predicted molar refractivity (Wildman–Crippen MR) is 25.0 cm³/mol. The van der Waals surface area contributed by atoms with Gasteiger partial charge in [0.15, 0.2) is 0 Å². The zero-order chi connectivity index (χ0) is 4.50. The summed E-state index contributed by atoms with van der Waals surface area (Å²) in [5.41, 5.74) is 0. The molecule has 4 heteroatoms. The Hall–Kier alpha value is 0.880. The average Bonchev–Trinajstić information content (AvgIpc) is 0.722. The van der Waals surface area contributed by atoms with Crippen LogP contribution in [0.4, 0.5) is 0 Å². The summed E-state index contributed by atoms with van der Waals surface area (Å²) in [5.74, 6) is 0. The van der Waals surface area contributed by atoms with Crippen molar-refractivity contribution in [2.45, 2.75) is 3.61 Å². The first-order valence-corrected chi connectivity index (χ1v) is 2.41. The van der Waals surface area contributed by atoms with Gasteiger partial charge in [-0.1, -0.05) is 0 Å². The molecule has 0 aromatic heterocycles. The van der Waals surface area contributed by atoms with E-state index in [4.69, 9.17) is 10.2 Å². The van der Waals surface area contributed by atoms with Gasteiger partial charge in [-0.2, -0.15) is 0 Å². The number of alkyl halides is 2. The molecular weight excluding hydrogens is 204 g/mol. The summed E-state index contributed by atoms with van der Waals surface area (Å²) < 4.78 is -1.88. The van der Waals surface area contributed by atoms with Gasteiger partial charge in [-0.25, -0.2) is 0 Å². The Balaban J connectivity index is 3.02. The molecule has 0 saturated carbocycles. The Morgan fingerprint density at radius 3 is 1.20 bits per heavy atom. The van der Waals surface area contributed by atoms with Gasteiger partial charge in [0.25, 0.3) is 3.61 Å². The zero-order valence-electron chi connectivity index (χ0n) is 2.15. The molecule has 0 atom stereocenters. The normalized spacial score (nSPS) is 12.0. The third-order valence-electron chi connectivity index (χ3n) is 0. The molecule has 0 rings (SSSR count). The lowest BCUT2D eigenvalue weighted by molar-refractivity contribution is 0.0206.